The SMILES string of the molecule is CC/C=C\C/C=C\C/C=C\C/C=C\C/C=C\C/C=C\CCCCCCCCC(=O)OC1C(OCC(NC(=O)C(O)CCCCC/C=C\C/C=C\C/C=C\C/C=C\C/C=C\C/C=C\CC)C(O)/C=C/CCCCCCCCCCCC)OC(CO)C(O)C1O. The van der Waals surface area contributed by atoms with Gasteiger partial charge in [0, 0.05) is 6.42 Å². The van der Waals surface area contributed by atoms with Gasteiger partial charge in [-0.1, -0.05) is 275 Å². The number of ether oxygens (including phenoxy) is 3. The number of carbonyl (C=O) groups is 2. The second kappa shape index (κ2) is 62.5. The number of carbonyl (C=O) groups excluding carboxylic acids is 2. The molecule has 0 saturated carbocycles. The molecule has 11 nitrogen and oxygen atoms in total. The maximum Gasteiger partial charge on any atom is 0.306 e. The van der Waals surface area contributed by atoms with Gasteiger partial charge in [-0.25, -0.2) is 0 Å². The lowest BCUT2D eigenvalue weighted by molar-refractivity contribution is -0.305. The van der Waals surface area contributed by atoms with Gasteiger partial charge in [0.1, 0.15) is 24.4 Å². The molecule has 0 aromatic heterocycles. The van der Waals surface area contributed by atoms with E-state index in [9.17, 15) is 35.1 Å². The van der Waals surface area contributed by atoms with E-state index in [0.717, 1.165) is 161 Å². The van der Waals surface area contributed by atoms with Crippen molar-refractivity contribution in [2.75, 3.05) is 13.2 Å². The van der Waals surface area contributed by atoms with Crippen molar-refractivity contribution in [1.82, 2.24) is 5.32 Å². The topological polar surface area (TPSA) is 175 Å². The molecule has 0 aromatic rings. The largest absolute Gasteiger partial charge is 0.454 e. The molecule has 1 amide bonds. The number of hydrogen-bond acceptors (Lipinski definition) is 10. The highest BCUT2D eigenvalue weighted by molar-refractivity contribution is 5.80. The van der Waals surface area contributed by atoms with Crippen molar-refractivity contribution in [3.8, 4) is 0 Å². The third kappa shape index (κ3) is 49.1. The van der Waals surface area contributed by atoms with E-state index in [0.29, 0.717) is 12.8 Å². The van der Waals surface area contributed by atoms with Crippen LogP contribution in [0.15, 0.2) is 158 Å². The molecule has 0 aromatic carbocycles. The molecule has 1 saturated heterocycles. The van der Waals surface area contributed by atoms with E-state index in [1.165, 1.54) is 44.9 Å². The molecule has 1 fully saturated rings. The van der Waals surface area contributed by atoms with Gasteiger partial charge in [0.25, 0.3) is 0 Å². The Kier molecular flexibility index (Phi) is 57.7. The first-order chi connectivity index (χ1) is 43.2. The van der Waals surface area contributed by atoms with Crippen LogP contribution in [0.25, 0.3) is 0 Å². The van der Waals surface area contributed by atoms with Gasteiger partial charge < -0.3 is 45.1 Å². The summed E-state index contributed by atoms with van der Waals surface area (Å²) in [4.78, 5) is 26.7. The summed E-state index contributed by atoms with van der Waals surface area (Å²) in [5, 5.41) is 57.2. The van der Waals surface area contributed by atoms with Gasteiger partial charge in [-0.3, -0.25) is 9.59 Å². The van der Waals surface area contributed by atoms with Crippen LogP contribution in [0, 0.1) is 0 Å². The highest BCUT2D eigenvalue weighted by Gasteiger charge is 2.47. The monoisotopic (exact) mass is 1220 g/mol. The van der Waals surface area contributed by atoms with Crippen LogP contribution in [-0.4, -0.2) is 99.6 Å². The molecule has 1 heterocycles. The number of amides is 1. The van der Waals surface area contributed by atoms with Crippen molar-refractivity contribution < 1.29 is 49.3 Å². The average molecular weight is 1220 g/mol. The zero-order chi connectivity index (χ0) is 63.9. The summed E-state index contributed by atoms with van der Waals surface area (Å²) in [6.45, 7) is 5.53. The first-order valence-corrected chi connectivity index (χ1v) is 34.8. The lowest BCUT2D eigenvalue weighted by Crippen LogP contribution is -2.61. The third-order valence-electron chi connectivity index (χ3n) is 15.2. The second-order valence-electron chi connectivity index (χ2n) is 23.1. The Hall–Kier alpha value is -4.72. The molecule has 88 heavy (non-hydrogen) atoms. The molecule has 0 bridgehead atoms. The molecule has 498 valence electrons. The summed E-state index contributed by atoms with van der Waals surface area (Å²) in [6.07, 6.45) is 81.3. The van der Waals surface area contributed by atoms with E-state index in [-0.39, 0.29) is 19.4 Å². The fourth-order valence-electron chi connectivity index (χ4n) is 9.77. The molecule has 0 aliphatic carbocycles. The maximum atomic E-state index is 13.5. The van der Waals surface area contributed by atoms with Gasteiger partial charge in [-0.2, -0.15) is 0 Å². The smallest absolute Gasteiger partial charge is 0.306 e. The minimum atomic E-state index is -1.64. The maximum absolute atomic E-state index is 13.5. The van der Waals surface area contributed by atoms with Crippen molar-refractivity contribution in [2.24, 2.45) is 0 Å². The van der Waals surface area contributed by atoms with Crippen LogP contribution in [0.2, 0.25) is 0 Å². The quantitative estimate of drug-likeness (QED) is 0.0195. The first-order valence-electron chi connectivity index (χ1n) is 34.8. The summed E-state index contributed by atoms with van der Waals surface area (Å²) < 4.78 is 17.7. The molecule has 8 atom stereocenters. The summed E-state index contributed by atoms with van der Waals surface area (Å²) in [6, 6.07) is -1.05. The van der Waals surface area contributed by atoms with Crippen LogP contribution in [0.3, 0.4) is 0 Å². The van der Waals surface area contributed by atoms with Gasteiger partial charge in [-0.15, -0.1) is 0 Å². The highest BCUT2D eigenvalue weighted by Crippen LogP contribution is 2.26. The molecule has 8 unspecified atom stereocenters. The lowest BCUT2D eigenvalue weighted by Gasteiger charge is -2.41. The van der Waals surface area contributed by atoms with E-state index in [1.54, 1.807) is 6.08 Å². The Morgan fingerprint density at radius 2 is 0.818 bits per heavy atom. The molecular weight excluding hydrogens is 1100 g/mol. The summed E-state index contributed by atoms with van der Waals surface area (Å²) in [7, 11) is 0. The Labute approximate surface area is 536 Å². The van der Waals surface area contributed by atoms with Crippen LogP contribution >= 0.6 is 0 Å². The molecule has 6 N–H and O–H groups in total. The molecular formula is C77H125NO10. The number of rotatable bonds is 57. The first kappa shape index (κ1) is 81.3. The summed E-state index contributed by atoms with van der Waals surface area (Å²) in [5.41, 5.74) is 0. The zero-order valence-corrected chi connectivity index (χ0v) is 55.3. The second-order valence-corrected chi connectivity index (χ2v) is 23.1. The van der Waals surface area contributed by atoms with E-state index >= 15 is 0 Å². The number of unbranched alkanes of at least 4 members (excludes halogenated alkanes) is 19. The molecule has 11 heteroatoms. The number of allylic oxidation sites excluding steroid dienone is 25. The Morgan fingerprint density at radius 1 is 0.455 bits per heavy atom. The van der Waals surface area contributed by atoms with Crippen molar-refractivity contribution >= 4 is 11.9 Å². The van der Waals surface area contributed by atoms with Gasteiger partial charge in [0.2, 0.25) is 5.91 Å². The number of esters is 1. The predicted molar refractivity (Wildman–Crippen MR) is 370 cm³/mol. The van der Waals surface area contributed by atoms with E-state index < -0.39 is 67.4 Å². The van der Waals surface area contributed by atoms with Gasteiger partial charge >= 0.3 is 5.97 Å². The third-order valence-corrected chi connectivity index (χ3v) is 15.2. The van der Waals surface area contributed by atoms with E-state index in [4.69, 9.17) is 14.2 Å². The number of aliphatic hydroxyl groups excluding tert-OH is 5. The lowest BCUT2D eigenvalue weighted by atomic mass is 9.99. The van der Waals surface area contributed by atoms with Crippen molar-refractivity contribution in [1.29, 1.82) is 0 Å². The molecule has 1 rings (SSSR count). The number of nitrogens with one attached hydrogen (secondary N) is 1. The molecule has 1 aliphatic heterocycles. The summed E-state index contributed by atoms with van der Waals surface area (Å²) in [5.74, 6) is -1.25. The van der Waals surface area contributed by atoms with Crippen LogP contribution in [-0.2, 0) is 23.8 Å². The van der Waals surface area contributed by atoms with Gasteiger partial charge in [0.15, 0.2) is 12.4 Å². The van der Waals surface area contributed by atoms with Crippen molar-refractivity contribution in [2.45, 2.75) is 301 Å². The normalized spacial score (nSPS) is 19.2. The van der Waals surface area contributed by atoms with Crippen molar-refractivity contribution in [3.63, 3.8) is 0 Å². The highest BCUT2D eigenvalue weighted by atomic mass is 16.7. The minimum Gasteiger partial charge on any atom is -0.454 e. The minimum absolute atomic E-state index is 0.0929. The Balaban J connectivity index is 2.64. The standard InChI is InChI=1S/C77H125NO10/c1-4-7-10-13-16-19-22-25-27-29-31-33-35-36-37-39-41-43-45-47-50-53-56-59-62-65-72(82)88-75-74(84)73(83)71(66-79)87-77(75)86-67-68(69(80)63-60-57-54-51-48-24-21-18-15-12-9-6-3)78-76(85)70(81)64-61-58-55-52-49-46-44-42-40-38-34-32-30-28-26-23-20-17-14-11-8-5-2/h7-8,10-11,16-17,19-20,25-28,31-34,36-37,40-43,46,49,60,63,68-71,73-75,77,79-81,83-84H,4-6,9,12-15,18,21-24,29-30,35,38-39,44-45,47-48,50-59,61-62,64-67H2,1-3H3,(H,78,85)/b10-7-,11-8-,19-16-,20-17-,27-25-,28-26-,33-31-,34-32-,37-36-,42-40-,43-41-,49-46-,63-60+. The number of aliphatic hydroxyl groups is 5. The van der Waals surface area contributed by atoms with Gasteiger partial charge in [-0.05, 0) is 128 Å². The van der Waals surface area contributed by atoms with Crippen molar-refractivity contribution in [3.05, 3.63) is 158 Å². The van der Waals surface area contributed by atoms with E-state index in [2.05, 4.69) is 172 Å². The Bertz CT molecular complexity index is 2040. The van der Waals surface area contributed by atoms with Crippen LogP contribution in [0.4, 0.5) is 0 Å². The van der Waals surface area contributed by atoms with E-state index in [1.807, 2.05) is 6.08 Å². The molecule has 0 radical (unpaired) electrons. The Morgan fingerprint density at radius 3 is 1.23 bits per heavy atom. The van der Waals surface area contributed by atoms with Crippen LogP contribution in [0.5, 0.6) is 0 Å². The molecule has 1 aliphatic rings. The summed E-state index contributed by atoms with van der Waals surface area (Å²) >= 11 is 0. The average Bonchev–Trinajstić information content (AvgIpc) is 2.54. The fourth-order valence-corrected chi connectivity index (χ4v) is 9.77. The number of hydrogen-bond donors (Lipinski definition) is 6. The van der Waals surface area contributed by atoms with Crippen LogP contribution in [0.1, 0.15) is 252 Å². The predicted octanol–water partition coefficient (Wildman–Crippen LogP) is 17.9. The fraction of sp³-hybridized carbons (Fsp3) is 0.636. The zero-order valence-electron chi connectivity index (χ0n) is 55.3. The van der Waals surface area contributed by atoms with Gasteiger partial charge in [0.05, 0.1) is 25.4 Å². The van der Waals surface area contributed by atoms with Crippen LogP contribution < -0.4 is 5.32 Å². The molecule has 0 spiro atoms.